The van der Waals surface area contributed by atoms with Crippen LogP contribution in [-0.4, -0.2) is 19.1 Å². The van der Waals surface area contributed by atoms with Crippen molar-refractivity contribution in [3.8, 4) is 5.75 Å². The van der Waals surface area contributed by atoms with Crippen LogP contribution in [0.4, 0.5) is 0 Å². The van der Waals surface area contributed by atoms with Gasteiger partial charge in [-0.15, -0.1) is 0 Å². The number of nitrogens with two attached hydrogens (primary N) is 1. The minimum atomic E-state index is -0.143. The quantitative estimate of drug-likeness (QED) is 0.756. The SMILES string of the molecule is CCCCNC(=O)COc1ccc(Br)cc1[C@H](C)N. The van der Waals surface area contributed by atoms with Crippen molar-refractivity contribution in [1.29, 1.82) is 0 Å². The van der Waals surface area contributed by atoms with Gasteiger partial charge in [0.1, 0.15) is 5.75 Å². The lowest BCUT2D eigenvalue weighted by atomic mass is 10.1. The highest BCUT2D eigenvalue weighted by Crippen LogP contribution is 2.27. The minimum Gasteiger partial charge on any atom is -0.483 e. The Morgan fingerprint density at radius 1 is 1.53 bits per heavy atom. The maximum absolute atomic E-state index is 11.6. The number of benzene rings is 1. The van der Waals surface area contributed by atoms with E-state index in [0.29, 0.717) is 12.3 Å². The van der Waals surface area contributed by atoms with E-state index in [-0.39, 0.29) is 18.6 Å². The number of nitrogens with one attached hydrogen (secondary N) is 1. The summed E-state index contributed by atoms with van der Waals surface area (Å²) in [6, 6.07) is 5.46. The van der Waals surface area contributed by atoms with Crippen molar-refractivity contribution in [2.45, 2.75) is 32.7 Å². The minimum absolute atomic E-state index is 0.0189. The van der Waals surface area contributed by atoms with Crippen molar-refractivity contribution in [2.24, 2.45) is 5.73 Å². The second kappa shape index (κ2) is 8.17. The third-order valence-corrected chi connectivity index (χ3v) is 3.17. The molecule has 1 amide bonds. The molecule has 0 saturated heterocycles. The van der Waals surface area contributed by atoms with Gasteiger partial charge in [-0.25, -0.2) is 0 Å². The number of rotatable bonds is 7. The van der Waals surface area contributed by atoms with Gasteiger partial charge in [-0.2, -0.15) is 0 Å². The molecule has 3 N–H and O–H groups in total. The Balaban J connectivity index is 2.55. The van der Waals surface area contributed by atoms with E-state index in [0.717, 1.165) is 22.9 Å². The van der Waals surface area contributed by atoms with Crippen LogP contribution < -0.4 is 15.8 Å². The number of hydrogen-bond donors (Lipinski definition) is 2. The molecule has 0 unspecified atom stereocenters. The van der Waals surface area contributed by atoms with E-state index < -0.39 is 0 Å². The highest BCUT2D eigenvalue weighted by Gasteiger charge is 2.10. The molecule has 1 aromatic rings. The molecule has 0 radical (unpaired) electrons. The van der Waals surface area contributed by atoms with Crippen LogP contribution in [0.5, 0.6) is 5.75 Å². The van der Waals surface area contributed by atoms with Crippen LogP contribution in [0.1, 0.15) is 38.3 Å². The monoisotopic (exact) mass is 328 g/mol. The van der Waals surface area contributed by atoms with E-state index in [1.807, 2.05) is 25.1 Å². The number of halogens is 1. The van der Waals surface area contributed by atoms with E-state index >= 15 is 0 Å². The zero-order chi connectivity index (χ0) is 14.3. The Morgan fingerprint density at radius 3 is 2.89 bits per heavy atom. The second-order valence-electron chi connectivity index (χ2n) is 4.46. The van der Waals surface area contributed by atoms with Crippen LogP contribution in [0.3, 0.4) is 0 Å². The van der Waals surface area contributed by atoms with E-state index in [9.17, 15) is 4.79 Å². The number of hydrogen-bond acceptors (Lipinski definition) is 3. The molecule has 4 nitrogen and oxygen atoms in total. The lowest BCUT2D eigenvalue weighted by molar-refractivity contribution is -0.123. The van der Waals surface area contributed by atoms with Gasteiger partial charge in [0, 0.05) is 22.6 Å². The van der Waals surface area contributed by atoms with Crippen LogP contribution in [0.2, 0.25) is 0 Å². The van der Waals surface area contributed by atoms with Crippen molar-refractivity contribution in [3.05, 3.63) is 28.2 Å². The van der Waals surface area contributed by atoms with E-state index in [2.05, 4.69) is 28.2 Å². The summed E-state index contributed by atoms with van der Waals surface area (Å²) in [7, 11) is 0. The predicted molar refractivity (Wildman–Crippen MR) is 80.2 cm³/mol. The summed E-state index contributed by atoms with van der Waals surface area (Å²) >= 11 is 3.40. The third kappa shape index (κ3) is 5.61. The molecule has 1 rings (SSSR count). The van der Waals surface area contributed by atoms with Crippen molar-refractivity contribution in [1.82, 2.24) is 5.32 Å². The molecule has 0 fully saturated rings. The smallest absolute Gasteiger partial charge is 0.257 e. The van der Waals surface area contributed by atoms with Gasteiger partial charge in [0.2, 0.25) is 0 Å². The summed E-state index contributed by atoms with van der Waals surface area (Å²) in [4.78, 5) is 11.6. The van der Waals surface area contributed by atoms with Gasteiger partial charge >= 0.3 is 0 Å². The van der Waals surface area contributed by atoms with Gasteiger partial charge in [-0.3, -0.25) is 4.79 Å². The van der Waals surface area contributed by atoms with Gasteiger partial charge in [0.25, 0.3) is 5.91 Å². The van der Waals surface area contributed by atoms with Crippen molar-refractivity contribution in [3.63, 3.8) is 0 Å². The van der Waals surface area contributed by atoms with Gasteiger partial charge in [-0.05, 0) is 31.5 Å². The summed E-state index contributed by atoms with van der Waals surface area (Å²) in [5.74, 6) is 0.552. The molecule has 0 saturated carbocycles. The van der Waals surface area contributed by atoms with E-state index in [1.165, 1.54) is 0 Å². The molecule has 5 heteroatoms. The average Bonchev–Trinajstić information content (AvgIpc) is 2.37. The summed E-state index contributed by atoms with van der Waals surface area (Å²) in [6.07, 6.45) is 2.04. The second-order valence-corrected chi connectivity index (χ2v) is 5.38. The fraction of sp³-hybridized carbons (Fsp3) is 0.500. The number of ether oxygens (including phenoxy) is 1. The van der Waals surface area contributed by atoms with Crippen molar-refractivity contribution >= 4 is 21.8 Å². The third-order valence-electron chi connectivity index (χ3n) is 2.67. The molecular formula is C14H21BrN2O2. The number of unbranched alkanes of at least 4 members (excludes halogenated alkanes) is 1. The first-order valence-electron chi connectivity index (χ1n) is 6.49. The maximum atomic E-state index is 11.6. The first kappa shape index (κ1) is 16.0. The Morgan fingerprint density at radius 2 is 2.26 bits per heavy atom. The largest absolute Gasteiger partial charge is 0.483 e. The molecule has 0 heterocycles. The Labute approximate surface area is 122 Å². The first-order valence-corrected chi connectivity index (χ1v) is 7.28. The molecule has 19 heavy (non-hydrogen) atoms. The Hall–Kier alpha value is -1.07. The molecule has 1 atom stereocenters. The molecule has 1 aromatic carbocycles. The highest BCUT2D eigenvalue weighted by atomic mass is 79.9. The first-order chi connectivity index (χ1) is 9.04. The van der Waals surface area contributed by atoms with Crippen LogP contribution >= 0.6 is 15.9 Å². The van der Waals surface area contributed by atoms with Gasteiger partial charge < -0.3 is 15.8 Å². The molecule has 0 aliphatic rings. The van der Waals surface area contributed by atoms with Crippen LogP contribution in [0, 0.1) is 0 Å². The van der Waals surface area contributed by atoms with Gasteiger partial charge in [-0.1, -0.05) is 29.3 Å². The summed E-state index contributed by atoms with van der Waals surface area (Å²) < 4.78 is 6.48. The van der Waals surface area contributed by atoms with Crippen LogP contribution in [-0.2, 0) is 4.79 Å². The van der Waals surface area contributed by atoms with Gasteiger partial charge in [0.15, 0.2) is 6.61 Å². The molecule has 0 spiro atoms. The summed E-state index contributed by atoms with van der Waals surface area (Å²) in [5, 5.41) is 2.81. The average molecular weight is 329 g/mol. The van der Waals surface area contributed by atoms with Gasteiger partial charge in [0.05, 0.1) is 0 Å². The maximum Gasteiger partial charge on any atom is 0.257 e. The Kier molecular flexibility index (Phi) is 6.87. The fourth-order valence-electron chi connectivity index (χ4n) is 1.61. The molecule has 0 aromatic heterocycles. The zero-order valence-corrected chi connectivity index (χ0v) is 13.0. The summed E-state index contributed by atoms with van der Waals surface area (Å²) in [6.45, 7) is 4.68. The molecule has 0 bridgehead atoms. The molecule has 0 aliphatic heterocycles. The highest BCUT2D eigenvalue weighted by molar-refractivity contribution is 9.10. The molecule has 106 valence electrons. The number of carbonyl (C=O) groups excluding carboxylic acids is 1. The number of amides is 1. The zero-order valence-electron chi connectivity index (χ0n) is 11.4. The standard InChI is InChI=1S/C14H21BrN2O2/c1-3-4-7-17-14(18)9-19-13-6-5-11(15)8-12(13)10(2)16/h5-6,8,10H,3-4,7,9,16H2,1-2H3,(H,17,18)/t10-/m0/s1. The Bertz CT molecular complexity index is 422. The normalized spacial score (nSPS) is 12.0. The van der Waals surface area contributed by atoms with E-state index in [1.54, 1.807) is 0 Å². The molecule has 0 aliphatic carbocycles. The van der Waals surface area contributed by atoms with Crippen molar-refractivity contribution < 1.29 is 9.53 Å². The number of carbonyl (C=O) groups is 1. The van der Waals surface area contributed by atoms with E-state index in [4.69, 9.17) is 10.5 Å². The van der Waals surface area contributed by atoms with Crippen molar-refractivity contribution in [2.75, 3.05) is 13.2 Å². The topological polar surface area (TPSA) is 64.3 Å². The fourth-order valence-corrected chi connectivity index (χ4v) is 1.98. The lowest BCUT2D eigenvalue weighted by Crippen LogP contribution is -2.29. The molecular weight excluding hydrogens is 308 g/mol. The van der Waals surface area contributed by atoms with Crippen LogP contribution in [0.25, 0.3) is 0 Å². The lowest BCUT2D eigenvalue weighted by Gasteiger charge is -2.14. The summed E-state index contributed by atoms with van der Waals surface area (Å²) in [5.41, 5.74) is 6.77. The predicted octanol–water partition coefficient (Wildman–Crippen LogP) is 2.76. The van der Waals surface area contributed by atoms with Crippen LogP contribution in [0.15, 0.2) is 22.7 Å².